The third-order valence-electron chi connectivity index (χ3n) is 6.89. The van der Waals surface area contributed by atoms with E-state index in [1.54, 1.807) is 0 Å². The van der Waals surface area contributed by atoms with Crippen molar-refractivity contribution in [2.75, 3.05) is 18.9 Å². The number of amides is 1. The first-order valence-corrected chi connectivity index (χ1v) is 8.93. The second-order valence-corrected chi connectivity index (χ2v) is 8.63. The molecule has 3 atom stereocenters. The van der Waals surface area contributed by atoms with Crippen molar-refractivity contribution in [3.05, 3.63) is 29.8 Å². The maximum Gasteiger partial charge on any atom is 0.250 e. The monoisotopic (exact) mass is 326 g/mol. The van der Waals surface area contributed by atoms with E-state index in [2.05, 4.69) is 31.0 Å². The average Bonchev–Trinajstić information content (AvgIpc) is 2.89. The van der Waals surface area contributed by atoms with Gasteiger partial charge in [-0.3, -0.25) is 14.5 Å². The molecule has 0 bridgehead atoms. The lowest BCUT2D eigenvalue weighted by Crippen LogP contribution is -2.62. The van der Waals surface area contributed by atoms with E-state index < -0.39 is 11.0 Å². The molecule has 2 spiro atoms. The minimum absolute atomic E-state index is 0.0281. The first-order chi connectivity index (χ1) is 11.3. The maximum atomic E-state index is 13.5. The predicted molar refractivity (Wildman–Crippen MR) is 93.6 cm³/mol. The van der Waals surface area contributed by atoms with E-state index in [0.29, 0.717) is 12.3 Å². The van der Waals surface area contributed by atoms with Crippen molar-refractivity contribution in [1.82, 2.24) is 4.90 Å². The second-order valence-electron chi connectivity index (χ2n) is 8.63. The van der Waals surface area contributed by atoms with Crippen molar-refractivity contribution in [3.8, 4) is 0 Å². The molecule has 0 radical (unpaired) electrons. The molecule has 2 heterocycles. The molecule has 2 aliphatic heterocycles. The van der Waals surface area contributed by atoms with Crippen molar-refractivity contribution in [3.63, 3.8) is 0 Å². The molecule has 2 fully saturated rings. The minimum Gasteiger partial charge on any atom is -0.324 e. The van der Waals surface area contributed by atoms with Crippen LogP contribution in [-0.4, -0.2) is 30.2 Å². The zero-order valence-corrected chi connectivity index (χ0v) is 15.0. The van der Waals surface area contributed by atoms with Crippen molar-refractivity contribution in [2.24, 2.45) is 16.7 Å². The predicted octanol–water partition coefficient (Wildman–Crippen LogP) is 3.18. The molecule has 1 saturated heterocycles. The van der Waals surface area contributed by atoms with Gasteiger partial charge in [-0.05, 0) is 37.3 Å². The van der Waals surface area contributed by atoms with Gasteiger partial charge in [-0.2, -0.15) is 0 Å². The van der Waals surface area contributed by atoms with Crippen LogP contribution in [0.2, 0.25) is 0 Å². The van der Waals surface area contributed by atoms with Crippen LogP contribution in [0.1, 0.15) is 45.6 Å². The number of Topliss-reactive ketones (excluding diaryl/α,β-unsaturated/α-hetero) is 1. The lowest BCUT2D eigenvalue weighted by molar-refractivity contribution is -0.154. The van der Waals surface area contributed by atoms with E-state index in [9.17, 15) is 9.59 Å². The standard InChI is InChI=1S/C20H26N2O2/c1-13-9-10-19(16(23)11-13)18(2,3)12-22(4)20(19)14-7-5-6-8-15(14)21-17(20)24/h5-8,13H,9-12H2,1-4H3,(H,21,24)/t13-,19?,20?/m0/s1. The maximum absolute atomic E-state index is 13.5. The van der Waals surface area contributed by atoms with Crippen LogP contribution >= 0.6 is 0 Å². The highest BCUT2D eigenvalue weighted by molar-refractivity contribution is 6.11. The van der Waals surface area contributed by atoms with E-state index in [1.807, 2.05) is 31.3 Å². The molecule has 128 valence electrons. The Kier molecular flexibility index (Phi) is 3.09. The van der Waals surface area contributed by atoms with Crippen molar-refractivity contribution >= 4 is 17.4 Å². The van der Waals surface area contributed by atoms with Gasteiger partial charge in [-0.1, -0.05) is 39.0 Å². The number of para-hydroxylation sites is 1. The number of carbonyl (C=O) groups excluding carboxylic acids is 2. The SMILES string of the molecule is C[C@H]1CCC2(C(=O)C1)C(C)(C)CN(C)C21C(=O)Nc2ccccc21. The Labute approximate surface area is 143 Å². The number of fused-ring (bicyclic) bond motifs is 3. The van der Waals surface area contributed by atoms with Crippen LogP contribution in [0.15, 0.2) is 24.3 Å². The van der Waals surface area contributed by atoms with Crippen LogP contribution in [0.5, 0.6) is 0 Å². The zero-order valence-electron chi connectivity index (χ0n) is 15.0. The normalized spacial score (nSPS) is 37.9. The number of carbonyl (C=O) groups is 2. The van der Waals surface area contributed by atoms with Crippen LogP contribution in [0, 0.1) is 16.7 Å². The Balaban J connectivity index is 2.03. The summed E-state index contributed by atoms with van der Waals surface area (Å²) in [5.74, 6) is 0.642. The van der Waals surface area contributed by atoms with Gasteiger partial charge in [-0.15, -0.1) is 0 Å². The fourth-order valence-electron chi connectivity index (χ4n) is 6.00. The molecule has 1 saturated carbocycles. The lowest BCUT2D eigenvalue weighted by Gasteiger charge is -2.51. The van der Waals surface area contributed by atoms with Gasteiger partial charge in [0, 0.05) is 24.2 Å². The molecular formula is C20H26N2O2. The fraction of sp³-hybridized carbons (Fsp3) is 0.600. The summed E-state index contributed by atoms with van der Waals surface area (Å²) in [6, 6.07) is 7.89. The zero-order chi connectivity index (χ0) is 17.3. The Bertz CT molecular complexity index is 741. The van der Waals surface area contributed by atoms with Crippen LogP contribution in [0.3, 0.4) is 0 Å². The van der Waals surface area contributed by atoms with E-state index in [1.165, 1.54) is 0 Å². The van der Waals surface area contributed by atoms with E-state index in [0.717, 1.165) is 30.6 Å². The fourth-order valence-corrected chi connectivity index (χ4v) is 6.00. The summed E-state index contributed by atoms with van der Waals surface area (Å²) in [4.78, 5) is 29.0. The van der Waals surface area contributed by atoms with Gasteiger partial charge >= 0.3 is 0 Å². The minimum atomic E-state index is -0.871. The number of likely N-dealkylation sites (N-methyl/N-ethyl adjacent to an activating group) is 1. The number of hydrogen-bond donors (Lipinski definition) is 1. The molecule has 1 N–H and O–H groups in total. The summed E-state index contributed by atoms with van der Waals surface area (Å²) in [5.41, 5.74) is 0.0690. The number of nitrogens with zero attached hydrogens (tertiary/aromatic N) is 1. The van der Waals surface area contributed by atoms with Crippen molar-refractivity contribution < 1.29 is 9.59 Å². The molecule has 1 aromatic carbocycles. The molecule has 1 aromatic rings. The summed E-state index contributed by atoms with van der Waals surface area (Å²) >= 11 is 0. The Hall–Kier alpha value is -1.68. The van der Waals surface area contributed by atoms with Gasteiger partial charge in [0.15, 0.2) is 0 Å². The van der Waals surface area contributed by atoms with Crippen LogP contribution in [0.4, 0.5) is 5.69 Å². The summed E-state index contributed by atoms with van der Waals surface area (Å²) in [5, 5.41) is 3.07. The van der Waals surface area contributed by atoms with E-state index in [-0.39, 0.29) is 17.1 Å². The number of benzene rings is 1. The van der Waals surface area contributed by atoms with Crippen LogP contribution < -0.4 is 5.32 Å². The summed E-state index contributed by atoms with van der Waals surface area (Å²) < 4.78 is 0. The number of anilines is 1. The summed E-state index contributed by atoms with van der Waals surface area (Å²) in [6.07, 6.45) is 2.36. The Morgan fingerprint density at radius 1 is 1.21 bits per heavy atom. The van der Waals surface area contributed by atoms with Gasteiger partial charge < -0.3 is 5.32 Å². The average molecular weight is 326 g/mol. The summed E-state index contributed by atoms with van der Waals surface area (Å²) in [6.45, 7) is 7.22. The molecule has 4 rings (SSSR count). The van der Waals surface area contributed by atoms with Gasteiger partial charge in [0.25, 0.3) is 5.91 Å². The lowest BCUT2D eigenvalue weighted by atomic mass is 9.50. The topological polar surface area (TPSA) is 49.4 Å². The number of hydrogen-bond acceptors (Lipinski definition) is 3. The van der Waals surface area contributed by atoms with Gasteiger partial charge in [0.05, 0.1) is 5.41 Å². The molecule has 1 amide bonds. The molecule has 24 heavy (non-hydrogen) atoms. The van der Waals surface area contributed by atoms with Crippen LogP contribution in [0.25, 0.3) is 0 Å². The highest BCUT2D eigenvalue weighted by Gasteiger charge is 2.75. The largest absolute Gasteiger partial charge is 0.324 e. The third kappa shape index (κ3) is 1.53. The molecule has 1 aliphatic carbocycles. The van der Waals surface area contributed by atoms with Crippen LogP contribution in [-0.2, 0) is 15.1 Å². The van der Waals surface area contributed by atoms with Gasteiger partial charge in [0.2, 0.25) is 0 Å². The first-order valence-electron chi connectivity index (χ1n) is 8.93. The number of ketones is 1. The van der Waals surface area contributed by atoms with E-state index in [4.69, 9.17) is 0 Å². The Morgan fingerprint density at radius 2 is 1.92 bits per heavy atom. The highest BCUT2D eigenvalue weighted by atomic mass is 16.2. The smallest absolute Gasteiger partial charge is 0.250 e. The van der Waals surface area contributed by atoms with Crippen molar-refractivity contribution in [1.29, 1.82) is 0 Å². The number of rotatable bonds is 0. The Morgan fingerprint density at radius 3 is 2.62 bits per heavy atom. The number of likely N-dealkylation sites (tertiary alicyclic amines) is 1. The van der Waals surface area contributed by atoms with Gasteiger partial charge in [0.1, 0.15) is 11.3 Å². The molecule has 4 nitrogen and oxygen atoms in total. The first kappa shape index (κ1) is 15.8. The van der Waals surface area contributed by atoms with Gasteiger partial charge in [-0.25, -0.2) is 0 Å². The molecule has 0 aromatic heterocycles. The van der Waals surface area contributed by atoms with E-state index >= 15 is 0 Å². The molecule has 4 heteroatoms. The number of nitrogens with one attached hydrogen (secondary N) is 1. The molecule has 2 unspecified atom stereocenters. The second kappa shape index (κ2) is 4.69. The summed E-state index contributed by atoms with van der Waals surface area (Å²) in [7, 11) is 2.00. The molecular weight excluding hydrogens is 300 g/mol. The highest BCUT2D eigenvalue weighted by Crippen LogP contribution is 2.67. The quantitative estimate of drug-likeness (QED) is 0.796. The molecule has 3 aliphatic rings. The third-order valence-corrected chi connectivity index (χ3v) is 6.89. The van der Waals surface area contributed by atoms with Crippen molar-refractivity contribution in [2.45, 2.75) is 45.6 Å².